The molecule has 0 spiro atoms. The van der Waals surface area contributed by atoms with E-state index in [0.717, 1.165) is 23.0 Å². The third-order valence-electron chi connectivity index (χ3n) is 2.63. The first-order valence-corrected chi connectivity index (χ1v) is 5.92. The molecule has 1 aromatic carbocycles. The van der Waals surface area contributed by atoms with Crippen LogP contribution in [0.3, 0.4) is 0 Å². The predicted molar refractivity (Wildman–Crippen MR) is 70.3 cm³/mol. The molecule has 1 N–H and O–H groups in total. The van der Waals surface area contributed by atoms with E-state index >= 15 is 0 Å². The van der Waals surface area contributed by atoms with Crippen molar-refractivity contribution in [3.63, 3.8) is 0 Å². The molecule has 116 valence electrons. The van der Waals surface area contributed by atoms with E-state index in [1.165, 1.54) is 7.05 Å². The minimum Gasteiger partial charge on any atom is -0.481 e. The van der Waals surface area contributed by atoms with Crippen LogP contribution in [-0.4, -0.2) is 27.2 Å². The van der Waals surface area contributed by atoms with Gasteiger partial charge in [-0.2, -0.15) is 5.10 Å². The maximum atomic E-state index is 13.3. The average Bonchev–Trinajstić information content (AvgIpc) is 2.79. The molecule has 0 aliphatic rings. The van der Waals surface area contributed by atoms with E-state index in [2.05, 4.69) is 10.4 Å². The standard InChI is InChI=1S/C12H10F2N4O4/c1-17-12(9(5-15-17)18(20)21)16-11(19)6-22-10-3-2-7(13)4-8(10)14/h2-5H,6H2,1H3,(H,16,19). The van der Waals surface area contributed by atoms with Crippen LogP contribution in [0.2, 0.25) is 0 Å². The number of aryl methyl sites for hydroxylation is 1. The fourth-order valence-electron chi connectivity index (χ4n) is 1.61. The van der Waals surface area contributed by atoms with Gasteiger partial charge in [-0.05, 0) is 12.1 Å². The molecule has 2 aromatic rings. The van der Waals surface area contributed by atoms with Crippen molar-refractivity contribution in [3.05, 3.63) is 46.1 Å². The van der Waals surface area contributed by atoms with Crippen molar-refractivity contribution < 1.29 is 23.2 Å². The van der Waals surface area contributed by atoms with Crippen molar-refractivity contribution in [1.82, 2.24) is 9.78 Å². The first-order chi connectivity index (χ1) is 10.4. The Bertz CT molecular complexity index is 732. The Morgan fingerprint density at radius 3 is 2.86 bits per heavy atom. The Hall–Kier alpha value is -3.04. The Morgan fingerprint density at radius 2 is 2.23 bits per heavy atom. The summed E-state index contributed by atoms with van der Waals surface area (Å²) < 4.78 is 32.0. The number of nitrogens with one attached hydrogen (secondary N) is 1. The molecule has 0 aliphatic heterocycles. The molecular weight excluding hydrogens is 302 g/mol. The number of hydrogen-bond donors (Lipinski definition) is 1. The summed E-state index contributed by atoms with van der Waals surface area (Å²) in [7, 11) is 1.41. The van der Waals surface area contributed by atoms with Crippen LogP contribution in [0.5, 0.6) is 5.75 Å². The lowest BCUT2D eigenvalue weighted by Gasteiger charge is -2.08. The number of carbonyl (C=O) groups excluding carboxylic acids is 1. The van der Waals surface area contributed by atoms with Gasteiger partial charge in [-0.15, -0.1) is 0 Å². The Kier molecular flexibility index (Phi) is 4.30. The summed E-state index contributed by atoms with van der Waals surface area (Å²) in [5.41, 5.74) is -0.385. The van der Waals surface area contributed by atoms with Crippen molar-refractivity contribution >= 4 is 17.4 Å². The van der Waals surface area contributed by atoms with Crippen LogP contribution in [0.25, 0.3) is 0 Å². The normalized spacial score (nSPS) is 10.3. The topological polar surface area (TPSA) is 99.3 Å². The van der Waals surface area contributed by atoms with Crippen LogP contribution >= 0.6 is 0 Å². The largest absolute Gasteiger partial charge is 0.481 e. The van der Waals surface area contributed by atoms with Crippen molar-refractivity contribution in [2.45, 2.75) is 0 Å². The maximum absolute atomic E-state index is 13.3. The van der Waals surface area contributed by atoms with Gasteiger partial charge in [0.2, 0.25) is 5.82 Å². The highest BCUT2D eigenvalue weighted by Crippen LogP contribution is 2.22. The minimum atomic E-state index is -0.959. The molecule has 1 heterocycles. The van der Waals surface area contributed by atoms with Gasteiger partial charge in [-0.1, -0.05) is 0 Å². The second kappa shape index (κ2) is 6.16. The molecule has 0 aliphatic carbocycles. The van der Waals surface area contributed by atoms with Gasteiger partial charge in [0.05, 0.1) is 4.92 Å². The highest BCUT2D eigenvalue weighted by atomic mass is 19.1. The number of rotatable bonds is 5. The van der Waals surface area contributed by atoms with E-state index in [4.69, 9.17) is 4.74 Å². The van der Waals surface area contributed by atoms with Crippen LogP contribution in [0, 0.1) is 21.7 Å². The Labute approximate surface area is 122 Å². The van der Waals surface area contributed by atoms with Gasteiger partial charge in [-0.25, -0.2) is 13.5 Å². The highest BCUT2D eigenvalue weighted by Gasteiger charge is 2.21. The lowest BCUT2D eigenvalue weighted by atomic mass is 10.3. The summed E-state index contributed by atoms with van der Waals surface area (Å²) in [5.74, 6) is -2.93. The molecule has 0 atom stereocenters. The zero-order valence-corrected chi connectivity index (χ0v) is 11.2. The summed E-state index contributed by atoms with van der Waals surface area (Å²) in [6, 6.07) is 2.62. The van der Waals surface area contributed by atoms with Gasteiger partial charge in [0.25, 0.3) is 5.91 Å². The fraction of sp³-hybridized carbons (Fsp3) is 0.167. The van der Waals surface area contributed by atoms with Gasteiger partial charge in [0, 0.05) is 13.1 Å². The van der Waals surface area contributed by atoms with Crippen LogP contribution in [-0.2, 0) is 11.8 Å². The SMILES string of the molecule is Cn1ncc([N+](=O)[O-])c1NC(=O)COc1ccc(F)cc1F. The van der Waals surface area contributed by atoms with Gasteiger partial charge in [0.15, 0.2) is 18.2 Å². The van der Waals surface area contributed by atoms with E-state index in [9.17, 15) is 23.7 Å². The second-order valence-electron chi connectivity index (χ2n) is 4.17. The van der Waals surface area contributed by atoms with E-state index in [-0.39, 0.29) is 17.3 Å². The van der Waals surface area contributed by atoms with Crippen LogP contribution < -0.4 is 10.1 Å². The van der Waals surface area contributed by atoms with Crippen LogP contribution in [0.15, 0.2) is 24.4 Å². The second-order valence-corrected chi connectivity index (χ2v) is 4.17. The first-order valence-electron chi connectivity index (χ1n) is 5.92. The summed E-state index contributed by atoms with van der Waals surface area (Å²) in [6.45, 7) is -0.606. The number of amides is 1. The number of benzene rings is 1. The molecule has 0 saturated carbocycles. The molecule has 0 saturated heterocycles. The van der Waals surface area contributed by atoms with Gasteiger partial charge < -0.3 is 10.1 Å². The number of aromatic nitrogens is 2. The number of nitrogens with zero attached hydrogens (tertiary/aromatic N) is 3. The molecule has 2 rings (SSSR count). The average molecular weight is 312 g/mol. The summed E-state index contributed by atoms with van der Waals surface area (Å²) in [4.78, 5) is 21.7. The number of carbonyl (C=O) groups is 1. The number of nitro groups is 1. The molecule has 8 nitrogen and oxygen atoms in total. The summed E-state index contributed by atoms with van der Waals surface area (Å²) in [5, 5.41) is 16.6. The molecule has 22 heavy (non-hydrogen) atoms. The van der Waals surface area contributed by atoms with E-state index < -0.39 is 29.1 Å². The number of anilines is 1. The van der Waals surface area contributed by atoms with Crippen molar-refractivity contribution in [2.75, 3.05) is 11.9 Å². The fourth-order valence-corrected chi connectivity index (χ4v) is 1.61. The summed E-state index contributed by atoms with van der Waals surface area (Å²) in [6.07, 6.45) is 0.982. The number of hydrogen-bond acceptors (Lipinski definition) is 5. The van der Waals surface area contributed by atoms with Gasteiger partial charge in [-0.3, -0.25) is 14.9 Å². The number of halogens is 2. The molecule has 10 heteroatoms. The molecule has 0 radical (unpaired) electrons. The molecule has 0 fully saturated rings. The zero-order valence-electron chi connectivity index (χ0n) is 11.2. The molecular formula is C12H10F2N4O4. The predicted octanol–water partition coefficient (Wildman–Crippen LogP) is 1.62. The van der Waals surface area contributed by atoms with E-state index in [1.807, 2.05) is 0 Å². The third kappa shape index (κ3) is 3.34. The van der Waals surface area contributed by atoms with Crippen molar-refractivity contribution in [2.24, 2.45) is 7.05 Å². The van der Waals surface area contributed by atoms with Crippen LogP contribution in [0.4, 0.5) is 20.3 Å². The van der Waals surface area contributed by atoms with E-state index in [1.54, 1.807) is 0 Å². The lowest BCUT2D eigenvalue weighted by Crippen LogP contribution is -2.22. The Morgan fingerprint density at radius 1 is 1.50 bits per heavy atom. The molecule has 1 amide bonds. The number of ether oxygens (including phenoxy) is 1. The van der Waals surface area contributed by atoms with Gasteiger partial charge in [0.1, 0.15) is 12.0 Å². The summed E-state index contributed by atoms with van der Waals surface area (Å²) >= 11 is 0. The van der Waals surface area contributed by atoms with E-state index in [0.29, 0.717) is 6.07 Å². The van der Waals surface area contributed by atoms with Crippen LogP contribution in [0.1, 0.15) is 0 Å². The first kappa shape index (κ1) is 15.4. The third-order valence-corrected chi connectivity index (χ3v) is 2.63. The quantitative estimate of drug-likeness (QED) is 0.668. The molecule has 1 aromatic heterocycles. The zero-order chi connectivity index (χ0) is 16.3. The smallest absolute Gasteiger partial charge is 0.331 e. The Balaban J connectivity index is 2.02. The molecule has 0 unspecified atom stereocenters. The lowest BCUT2D eigenvalue weighted by molar-refractivity contribution is -0.384. The van der Waals surface area contributed by atoms with Crippen molar-refractivity contribution in [3.8, 4) is 5.75 Å². The van der Waals surface area contributed by atoms with Crippen molar-refractivity contribution in [1.29, 1.82) is 0 Å². The minimum absolute atomic E-state index is 0.127. The van der Waals surface area contributed by atoms with Gasteiger partial charge >= 0.3 is 5.69 Å². The highest BCUT2D eigenvalue weighted by molar-refractivity contribution is 5.93. The maximum Gasteiger partial charge on any atom is 0.331 e. The molecule has 0 bridgehead atoms. The monoisotopic (exact) mass is 312 g/mol.